The van der Waals surface area contributed by atoms with Gasteiger partial charge in [-0.1, -0.05) is 23.7 Å². The lowest BCUT2D eigenvalue weighted by Gasteiger charge is -2.35. The number of amides is 3. The first-order chi connectivity index (χ1) is 18.4. The number of ether oxygens (including phenoxy) is 1. The van der Waals surface area contributed by atoms with Gasteiger partial charge in [0.15, 0.2) is 0 Å². The van der Waals surface area contributed by atoms with Gasteiger partial charge in [0.2, 0.25) is 5.91 Å². The van der Waals surface area contributed by atoms with Crippen molar-refractivity contribution in [2.75, 3.05) is 19.6 Å². The second kappa shape index (κ2) is 10.8. The van der Waals surface area contributed by atoms with Gasteiger partial charge in [-0.3, -0.25) is 14.7 Å². The van der Waals surface area contributed by atoms with E-state index in [1.54, 1.807) is 35.2 Å². The van der Waals surface area contributed by atoms with Crippen LogP contribution >= 0.6 is 23.1 Å². The minimum atomic E-state index is -0.572. The Bertz CT molecular complexity index is 1420. The van der Waals surface area contributed by atoms with E-state index in [2.05, 4.69) is 15.8 Å². The number of amidine groups is 1. The predicted molar refractivity (Wildman–Crippen MR) is 144 cm³/mol. The second-order valence-corrected chi connectivity index (χ2v) is 10.3. The number of carbonyl (C=O) groups is 2. The summed E-state index contributed by atoms with van der Waals surface area (Å²) in [6.07, 6.45) is -0.180. The monoisotopic (exact) mass is 548 g/mol. The van der Waals surface area contributed by atoms with E-state index in [1.165, 1.54) is 16.4 Å². The molecule has 3 aromatic rings. The van der Waals surface area contributed by atoms with Gasteiger partial charge in [0, 0.05) is 23.5 Å². The summed E-state index contributed by atoms with van der Waals surface area (Å²) >= 11 is 7.46. The number of nitrogens with one attached hydrogen (secondary N) is 1. The molecule has 1 aromatic heterocycles. The maximum absolute atomic E-state index is 14.2. The Balaban J connectivity index is 1.69. The second-order valence-electron chi connectivity index (χ2n) is 9.23. The van der Waals surface area contributed by atoms with E-state index in [4.69, 9.17) is 21.3 Å². The normalized spacial score (nSPS) is 19.2. The Morgan fingerprint density at radius 1 is 1.24 bits per heavy atom. The summed E-state index contributed by atoms with van der Waals surface area (Å²) in [5.74, 6) is 0.615. The number of aliphatic imine (C=N–C) groups is 1. The SMILES string of the molecule is CC(C)Oc1cc(C#N)ccc1C1=N[C@@H](c2ccc(Cl)cc2)[C@@H](c2ccsn2)N1C(=O)N1CCNC(=O)C1. The third kappa shape index (κ3) is 5.08. The zero-order valence-electron chi connectivity index (χ0n) is 20.8. The summed E-state index contributed by atoms with van der Waals surface area (Å²) < 4.78 is 10.7. The minimum Gasteiger partial charge on any atom is -0.490 e. The highest BCUT2D eigenvalue weighted by atomic mass is 35.5. The Hall–Kier alpha value is -3.94. The molecule has 0 aliphatic carbocycles. The number of aromatic nitrogens is 1. The van der Waals surface area contributed by atoms with Crippen LogP contribution in [-0.4, -0.2) is 57.7 Å². The number of nitrogens with zero attached hydrogens (tertiary/aromatic N) is 5. The fourth-order valence-electron chi connectivity index (χ4n) is 4.61. The Morgan fingerprint density at radius 2 is 2.03 bits per heavy atom. The smallest absolute Gasteiger partial charge is 0.326 e. The number of piperazine rings is 1. The van der Waals surface area contributed by atoms with Gasteiger partial charge in [0.1, 0.15) is 30.2 Å². The Labute approximate surface area is 229 Å². The molecule has 194 valence electrons. The molecule has 1 fully saturated rings. The highest BCUT2D eigenvalue weighted by molar-refractivity contribution is 7.03. The molecule has 1 N–H and O–H groups in total. The van der Waals surface area contributed by atoms with E-state index in [1.807, 2.05) is 37.4 Å². The molecule has 3 heterocycles. The van der Waals surface area contributed by atoms with E-state index in [0.29, 0.717) is 46.5 Å². The lowest BCUT2D eigenvalue weighted by atomic mass is 9.97. The first kappa shape index (κ1) is 25.7. The standard InChI is InChI=1S/C27H25ClN6O3S/c1-16(2)37-22-13-17(14-29)3-8-20(22)26-31-24(18-4-6-19(28)7-5-18)25(21-9-12-38-32-21)34(26)27(36)33-11-10-30-23(35)15-33/h3-9,12-13,16,24-25H,10-11,15H2,1-2H3,(H,30,35)/t24-,25+/m0/s1. The van der Waals surface area contributed by atoms with Gasteiger partial charge in [-0.25, -0.2) is 4.79 Å². The van der Waals surface area contributed by atoms with Crippen LogP contribution < -0.4 is 10.1 Å². The third-order valence-electron chi connectivity index (χ3n) is 6.27. The molecule has 0 saturated carbocycles. The van der Waals surface area contributed by atoms with Crippen LogP contribution in [0, 0.1) is 11.3 Å². The summed E-state index contributed by atoms with van der Waals surface area (Å²) in [6.45, 7) is 4.46. The summed E-state index contributed by atoms with van der Waals surface area (Å²) in [5, 5.41) is 14.7. The molecule has 2 aliphatic heterocycles. The largest absolute Gasteiger partial charge is 0.490 e. The molecular weight excluding hydrogens is 524 g/mol. The molecule has 2 atom stereocenters. The first-order valence-corrected chi connectivity index (χ1v) is 13.4. The molecule has 1 saturated heterocycles. The molecule has 11 heteroatoms. The topological polar surface area (TPSA) is 111 Å². The van der Waals surface area contributed by atoms with Gasteiger partial charge in [-0.2, -0.15) is 9.64 Å². The summed E-state index contributed by atoms with van der Waals surface area (Å²) in [4.78, 5) is 34.6. The molecule has 2 aliphatic rings. The van der Waals surface area contributed by atoms with Gasteiger partial charge in [0.05, 0.1) is 29.0 Å². The zero-order valence-corrected chi connectivity index (χ0v) is 22.4. The molecule has 0 radical (unpaired) electrons. The van der Waals surface area contributed by atoms with E-state index >= 15 is 0 Å². The summed E-state index contributed by atoms with van der Waals surface area (Å²) in [6, 6.07) is 15.0. The van der Waals surface area contributed by atoms with Crippen molar-refractivity contribution in [1.82, 2.24) is 19.5 Å². The lowest BCUT2D eigenvalue weighted by Crippen LogP contribution is -2.55. The number of benzene rings is 2. The predicted octanol–water partition coefficient (Wildman–Crippen LogP) is 4.55. The van der Waals surface area contributed by atoms with Crippen molar-refractivity contribution in [1.29, 1.82) is 5.26 Å². The quantitative estimate of drug-likeness (QED) is 0.503. The number of carbonyl (C=O) groups excluding carboxylic acids is 2. The van der Waals surface area contributed by atoms with E-state index < -0.39 is 12.1 Å². The molecule has 3 amide bonds. The van der Waals surface area contributed by atoms with Crippen molar-refractivity contribution >= 4 is 40.9 Å². The van der Waals surface area contributed by atoms with E-state index in [9.17, 15) is 14.9 Å². The highest BCUT2D eigenvalue weighted by Crippen LogP contribution is 2.45. The number of hydrogen-bond acceptors (Lipinski definition) is 7. The number of halogens is 1. The van der Waals surface area contributed by atoms with Crippen LogP contribution in [0.4, 0.5) is 4.79 Å². The van der Waals surface area contributed by atoms with Crippen molar-refractivity contribution in [2.24, 2.45) is 4.99 Å². The Morgan fingerprint density at radius 3 is 2.68 bits per heavy atom. The van der Waals surface area contributed by atoms with Gasteiger partial charge >= 0.3 is 6.03 Å². The average Bonchev–Trinajstić information content (AvgIpc) is 3.56. The zero-order chi connectivity index (χ0) is 26.8. The van der Waals surface area contributed by atoms with Crippen molar-refractivity contribution in [2.45, 2.75) is 32.0 Å². The van der Waals surface area contributed by atoms with Gasteiger partial charge in [-0.05, 0) is 67.3 Å². The third-order valence-corrected chi connectivity index (χ3v) is 7.09. The van der Waals surface area contributed by atoms with Crippen LogP contribution in [0.1, 0.15) is 48.3 Å². The first-order valence-electron chi connectivity index (χ1n) is 12.1. The lowest BCUT2D eigenvalue weighted by molar-refractivity contribution is -0.123. The maximum atomic E-state index is 14.2. The summed E-state index contributed by atoms with van der Waals surface area (Å²) in [5.41, 5.74) is 2.54. The van der Waals surface area contributed by atoms with Crippen LogP contribution in [-0.2, 0) is 4.79 Å². The van der Waals surface area contributed by atoms with Crippen molar-refractivity contribution in [3.8, 4) is 11.8 Å². The van der Waals surface area contributed by atoms with Gasteiger partial charge in [0.25, 0.3) is 0 Å². The number of rotatable bonds is 5. The van der Waals surface area contributed by atoms with Crippen LogP contribution in [0.5, 0.6) is 5.75 Å². The van der Waals surface area contributed by atoms with Crippen LogP contribution in [0.15, 0.2) is 58.9 Å². The number of hydrogen-bond donors (Lipinski definition) is 1. The van der Waals surface area contributed by atoms with E-state index in [-0.39, 0.29) is 24.6 Å². The molecular formula is C27H25ClN6O3S. The fourth-order valence-corrected chi connectivity index (χ4v) is 5.29. The minimum absolute atomic E-state index is 0.0548. The van der Waals surface area contributed by atoms with Crippen molar-refractivity contribution in [3.05, 3.63) is 81.3 Å². The molecule has 0 unspecified atom stereocenters. The van der Waals surface area contributed by atoms with Crippen molar-refractivity contribution in [3.63, 3.8) is 0 Å². The maximum Gasteiger partial charge on any atom is 0.326 e. The fraction of sp³-hybridized carbons (Fsp3) is 0.296. The molecule has 9 nitrogen and oxygen atoms in total. The van der Waals surface area contributed by atoms with Crippen molar-refractivity contribution < 1.29 is 14.3 Å². The van der Waals surface area contributed by atoms with Crippen LogP contribution in [0.3, 0.4) is 0 Å². The molecule has 0 bridgehead atoms. The van der Waals surface area contributed by atoms with E-state index in [0.717, 1.165) is 5.56 Å². The number of nitriles is 1. The molecule has 0 spiro atoms. The molecule has 38 heavy (non-hydrogen) atoms. The van der Waals surface area contributed by atoms with Crippen LogP contribution in [0.2, 0.25) is 5.02 Å². The summed E-state index contributed by atoms with van der Waals surface area (Å²) in [7, 11) is 0. The number of urea groups is 1. The Kier molecular flexibility index (Phi) is 7.31. The average molecular weight is 549 g/mol. The van der Waals surface area contributed by atoms with Gasteiger partial charge in [-0.15, -0.1) is 0 Å². The molecule has 2 aromatic carbocycles. The van der Waals surface area contributed by atoms with Crippen LogP contribution in [0.25, 0.3) is 0 Å². The molecule has 5 rings (SSSR count). The highest BCUT2D eigenvalue weighted by Gasteiger charge is 2.46. The van der Waals surface area contributed by atoms with Gasteiger partial charge < -0.3 is 15.0 Å².